The Hall–Kier alpha value is -2.19. The van der Waals surface area contributed by atoms with Gasteiger partial charge in [-0.25, -0.2) is 4.79 Å². The molecule has 23 heavy (non-hydrogen) atoms. The van der Waals surface area contributed by atoms with Crippen LogP contribution in [0.1, 0.15) is 17.9 Å². The number of piperazine rings is 1. The van der Waals surface area contributed by atoms with E-state index in [1.54, 1.807) is 0 Å². The van der Waals surface area contributed by atoms with Crippen molar-refractivity contribution in [2.75, 3.05) is 45.9 Å². The molecule has 1 fully saturated rings. The van der Waals surface area contributed by atoms with E-state index in [1.165, 1.54) is 5.56 Å². The molecule has 1 atom stereocenters. The predicted octanol–water partition coefficient (Wildman–Crippen LogP) is 1.51. The molecule has 3 rings (SSSR count). The summed E-state index contributed by atoms with van der Waals surface area (Å²) in [4.78, 5) is 16.4. The van der Waals surface area contributed by atoms with Gasteiger partial charge in [0.1, 0.15) is 5.75 Å². The summed E-state index contributed by atoms with van der Waals surface area (Å²) in [5.41, 5.74) is 1.19. The Morgan fingerprint density at radius 1 is 1.30 bits per heavy atom. The zero-order valence-corrected chi connectivity index (χ0v) is 13.3. The summed E-state index contributed by atoms with van der Waals surface area (Å²) in [6.07, 6.45) is 6.27. The number of para-hydroxylation sites is 1. The molecule has 0 spiro atoms. The highest BCUT2D eigenvalue weighted by Crippen LogP contribution is 2.32. The Morgan fingerprint density at radius 2 is 2.09 bits per heavy atom. The van der Waals surface area contributed by atoms with Gasteiger partial charge >= 0.3 is 6.03 Å². The molecule has 2 aliphatic heterocycles. The van der Waals surface area contributed by atoms with Crippen molar-refractivity contribution in [3.05, 3.63) is 29.8 Å². The fourth-order valence-corrected chi connectivity index (χ4v) is 3.19. The van der Waals surface area contributed by atoms with Crippen LogP contribution in [0.4, 0.5) is 4.79 Å². The number of benzene rings is 1. The first-order valence-electron chi connectivity index (χ1n) is 8.18. The molecule has 2 heterocycles. The molecule has 0 aliphatic carbocycles. The quantitative estimate of drug-likeness (QED) is 0.861. The van der Waals surface area contributed by atoms with Gasteiger partial charge < -0.3 is 15.0 Å². The lowest BCUT2D eigenvalue weighted by Crippen LogP contribution is -2.52. The molecule has 2 aliphatic rings. The van der Waals surface area contributed by atoms with Crippen molar-refractivity contribution in [2.45, 2.75) is 12.3 Å². The number of urea groups is 1. The van der Waals surface area contributed by atoms with Crippen LogP contribution in [0.2, 0.25) is 0 Å². The van der Waals surface area contributed by atoms with E-state index >= 15 is 0 Å². The third kappa shape index (κ3) is 3.77. The number of hydrogen-bond donors (Lipinski definition) is 1. The minimum absolute atomic E-state index is 0.0225. The Balaban J connectivity index is 1.50. The van der Waals surface area contributed by atoms with Gasteiger partial charge in [-0.1, -0.05) is 24.1 Å². The van der Waals surface area contributed by atoms with E-state index in [9.17, 15) is 4.79 Å². The fraction of sp³-hybridized carbons (Fsp3) is 0.500. The van der Waals surface area contributed by atoms with Gasteiger partial charge in [0.25, 0.3) is 0 Å². The summed E-state index contributed by atoms with van der Waals surface area (Å²) < 4.78 is 5.67. The molecule has 1 saturated heterocycles. The standard InChI is InChI=1S/C18H23N3O2/c1-2-8-20-9-11-21(12-10-20)18(22)19-14-15-7-13-23-17-6-4-3-5-16(15)17/h1,3-6,15H,7-14H2,(H,19,22). The van der Waals surface area contributed by atoms with Crippen LogP contribution >= 0.6 is 0 Å². The van der Waals surface area contributed by atoms with Crippen molar-refractivity contribution in [1.82, 2.24) is 15.1 Å². The number of fused-ring (bicyclic) bond motifs is 1. The highest BCUT2D eigenvalue weighted by molar-refractivity contribution is 5.74. The number of hydrogen-bond acceptors (Lipinski definition) is 3. The molecule has 0 radical (unpaired) electrons. The number of rotatable bonds is 3. The smallest absolute Gasteiger partial charge is 0.317 e. The summed E-state index contributed by atoms with van der Waals surface area (Å²) in [7, 11) is 0. The van der Waals surface area contributed by atoms with Crippen LogP contribution in [-0.4, -0.2) is 61.7 Å². The molecule has 0 aromatic heterocycles. The number of terminal acetylenes is 1. The minimum atomic E-state index is 0.0225. The van der Waals surface area contributed by atoms with Crippen LogP contribution < -0.4 is 10.1 Å². The summed E-state index contributed by atoms with van der Waals surface area (Å²) in [6, 6.07) is 8.11. The van der Waals surface area contributed by atoms with Gasteiger partial charge in [-0.3, -0.25) is 4.90 Å². The lowest BCUT2D eigenvalue weighted by Gasteiger charge is -2.34. The summed E-state index contributed by atoms with van der Waals surface area (Å²) in [5.74, 6) is 3.92. The minimum Gasteiger partial charge on any atom is -0.493 e. The predicted molar refractivity (Wildman–Crippen MR) is 89.5 cm³/mol. The SMILES string of the molecule is C#CCN1CCN(C(=O)NCC2CCOc3ccccc32)CC1. The maximum Gasteiger partial charge on any atom is 0.317 e. The number of nitrogens with one attached hydrogen (secondary N) is 1. The second-order valence-corrected chi connectivity index (χ2v) is 6.03. The van der Waals surface area contributed by atoms with Gasteiger partial charge in [0.2, 0.25) is 0 Å². The molecule has 2 amide bonds. The van der Waals surface area contributed by atoms with E-state index in [2.05, 4.69) is 22.2 Å². The van der Waals surface area contributed by atoms with Crippen molar-refractivity contribution in [1.29, 1.82) is 0 Å². The molecule has 1 aromatic rings. The van der Waals surface area contributed by atoms with Gasteiger partial charge in [0.05, 0.1) is 13.2 Å². The molecule has 1 N–H and O–H groups in total. The highest BCUT2D eigenvalue weighted by Gasteiger charge is 2.24. The summed E-state index contributed by atoms with van der Waals surface area (Å²) in [6.45, 7) is 5.19. The van der Waals surface area contributed by atoms with Crippen LogP contribution in [0.3, 0.4) is 0 Å². The third-order valence-electron chi connectivity index (χ3n) is 4.56. The second-order valence-electron chi connectivity index (χ2n) is 6.03. The van der Waals surface area contributed by atoms with E-state index in [1.807, 2.05) is 23.1 Å². The van der Waals surface area contributed by atoms with E-state index in [-0.39, 0.29) is 6.03 Å². The van der Waals surface area contributed by atoms with Gasteiger partial charge in [0.15, 0.2) is 0 Å². The molecule has 122 valence electrons. The van der Waals surface area contributed by atoms with Crippen molar-refractivity contribution < 1.29 is 9.53 Å². The van der Waals surface area contributed by atoms with E-state index in [0.717, 1.165) is 38.3 Å². The Labute approximate surface area is 137 Å². The summed E-state index contributed by atoms with van der Waals surface area (Å²) >= 11 is 0. The van der Waals surface area contributed by atoms with Gasteiger partial charge in [-0.2, -0.15) is 0 Å². The molecule has 0 bridgehead atoms. The lowest BCUT2D eigenvalue weighted by molar-refractivity contribution is 0.147. The Morgan fingerprint density at radius 3 is 2.87 bits per heavy atom. The zero-order valence-electron chi connectivity index (χ0n) is 13.3. The summed E-state index contributed by atoms with van der Waals surface area (Å²) in [5, 5.41) is 3.08. The van der Waals surface area contributed by atoms with E-state index < -0.39 is 0 Å². The van der Waals surface area contributed by atoms with E-state index in [0.29, 0.717) is 25.6 Å². The second kappa shape index (κ2) is 7.38. The van der Waals surface area contributed by atoms with Crippen LogP contribution in [0.15, 0.2) is 24.3 Å². The first-order chi connectivity index (χ1) is 11.3. The van der Waals surface area contributed by atoms with Crippen molar-refractivity contribution in [3.63, 3.8) is 0 Å². The molecule has 5 heteroatoms. The molecule has 1 unspecified atom stereocenters. The average Bonchev–Trinajstić information content (AvgIpc) is 2.60. The van der Waals surface area contributed by atoms with Gasteiger partial charge in [0, 0.05) is 38.6 Å². The molecule has 1 aromatic carbocycles. The van der Waals surface area contributed by atoms with Crippen molar-refractivity contribution in [2.24, 2.45) is 0 Å². The third-order valence-corrected chi connectivity index (χ3v) is 4.56. The topological polar surface area (TPSA) is 44.8 Å². The average molecular weight is 313 g/mol. The number of nitrogens with zero attached hydrogens (tertiary/aromatic N) is 2. The van der Waals surface area contributed by atoms with Crippen molar-refractivity contribution >= 4 is 6.03 Å². The van der Waals surface area contributed by atoms with E-state index in [4.69, 9.17) is 11.2 Å². The van der Waals surface area contributed by atoms with Crippen LogP contribution in [0.25, 0.3) is 0 Å². The first-order valence-corrected chi connectivity index (χ1v) is 8.18. The van der Waals surface area contributed by atoms with Gasteiger partial charge in [-0.05, 0) is 18.1 Å². The maximum atomic E-state index is 12.3. The largest absolute Gasteiger partial charge is 0.493 e. The normalized spacial score (nSPS) is 21.0. The highest BCUT2D eigenvalue weighted by atomic mass is 16.5. The van der Waals surface area contributed by atoms with Crippen LogP contribution in [-0.2, 0) is 0 Å². The number of ether oxygens (including phenoxy) is 1. The zero-order chi connectivity index (χ0) is 16.1. The Bertz CT molecular complexity index is 588. The molecule has 0 saturated carbocycles. The van der Waals surface area contributed by atoms with Crippen molar-refractivity contribution in [3.8, 4) is 18.1 Å². The van der Waals surface area contributed by atoms with Crippen LogP contribution in [0.5, 0.6) is 5.75 Å². The molecular formula is C18H23N3O2. The van der Waals surface area contributed by atoms with Gasteiger partial charge in [-0.15, -0.1) is 6.42 Å². The van der Waals surface area contributed by atoms with Crippen LogP contribution in [0, 0.1) is 12.3 Å². The monoisotopic (exact) mass is 313 g/mol. The fourth-order valence-electron chi connectivity index (χ4n) is 3.19. The lowest BCUT2D eigenvalue weighted by atomic mass is 9.93. The maximum absolute atomic E-state index is 12.3. The molecule has 5 nitrogen and oxygen atoms in total. The first kappa shape index (κ1) is 15.7. The Kier molecular flexibility index (Phi) is 5.04. The number of carbonyl (C=O) groups is 1. The number of amides is 2. The number of carbonyl (C=O) groups excluding carboxylic acids is 1. The molecular weight excluding hydrogens is 290 g/mol.